The summed E-state index contributed by atoms with van der Waals surface area (Å²) in [6.07, 6.45) is 3.38. The number of aromatic nitrogens is 3. The lowest BCUT2D eigenvalue weighted by atomic mass is 10.1. The van der Waals surface area contributed by atoms with E-state index in [1.54, 1.807) is 36.0 Å². The van der Waals surface area contributed by atoms with Crippen LogP contribution in [0.15, 0.2) is 42.7 Å². The molecule has 0 aliphatic rings. The second-order valence-corrected chi connectivity index (χ2v) is 4.81. The zero-order valence-electron chi connectivity index (χ0n) is 11.3. The highest BCUT2D eigenvalue weighted by molar-refractivity contribution is 6.30. The number of carbonyl (C=O) groups excluding carboxylic acids is 1. The summed E-state index contributed by atoms with van der Waals surface area (Å²) in [4.78, 5) is 16.1. The summed E-state index contributed by atoms with van der Waals surface area (Å²) in [6, 6.07) is 8.99. The zero-order valence-corrected chi connectivity index (χ0v) is 12.0. The summed E-state index contributed by atoms with van der Waals surface area (Å²) in [7, 11) is 0. The first kappa shape index (κ1) is 13.6. The monoisotopic (exact) mass is 301 g/mol. The predicted molar refractivity (Wildman–Crippen MR) is 79.4 cm³/mol. The fourth-order valence-electron chi connectivity index (χ4n) is 2.05. The van der Waals surface area contributed by atoms with Crippen molar-refractivity contribution in [1.82, 2.24) is 14.6 Å². The average molecular weight is 302 g/mol. The van der Waals surface area contributed by atoms with Gasteiger partial charge in [0.1, 0.15) is 0 Å². The third-order valence-corrected chi connectivity index (χ3v) is 3.22. The van der Waals surface area contributed by atoms with Gasteiger partial charge in [-0.2, -0.15) is 5.10 Å². The third kappa shape index (κ3) is 2.60. The van der Waals surface area contributed by atoms with Crippen molar-refractivity contribution in [2.45, 2.75) is 6.92 Å². The van der Waals surface area contributed by atoms with E-state index in [0.717, 1.165) is 11.1 Å². The van der Waals surface area contributed by atoms with Crippen molar-refractivity contribution in [3.8, 4) is 11.1 Å². The van der Waals surface area contributed by atoms with Crippen LogP contribution >= 0.6 is 11.6 Å². The van der Waals surface area contributed by atoms with Crippen LogP contribution < -0.4 is 0 Å². The average Bonchev–Trinajstić information content (AvgIpc) is 2.90. The molecule has 0 saturated carbocycles. The molecule has 2 aromatic heterocycles. The lowest BCUT2D eigenvalue weighted by Crippen LogP contribution is -2.08. The van der Waals surface area contributed by atoms with E-state index in [1.165, 1.54) is 0 Å². The fraction of sp³-hybridized carbons (Fsp3) is 0.133. The van der Waals surface area contributed by atoms with Gasteiger partial charge in [-0.3, -0.25) is 0 Å². The first-order valence-corrected chi connectivity index (χ1v) is 6.84. The number of benzene rings is 1. The maximum absolute atomic E-state index is 11.8. The van der Waals surface area contributed by atoms with Gasteiger partial charge >= 0.3 is 5.97 Å². The van der Waals surface area contributed by atoms with Crippen molar-refractivity contribution in [3.05, 3.63) is 53.4 Å². The number of ether oxygens (including phenoxy) is 1. The van der Waals surface area contributed by atoms with Crippen molar-refractivity contribution < 1.29 is 9.53 Å². The molecule has 0 N–H and O–H groups in total. The molecule has 2 heterocycles. The summed E-state index contributed by atoms with van der Waals surface area (Å²) in [5.41, 5.74) is 2.55. The Morgan fingerprint density at radius 1 is 1.38 bits per heavy atom. The normalized spacial score (nSPS) is 10.8. The molecule has 0 spiro atoms. The van der Waals surface area contributed by atoms with E-state index < -0.39 is 5.97 Å². The van der Waals surface area contributed by atoms with Gasteiger partial charge in [-0.1, -0.05) is 23.7 Å². The van der Waals surface area contributed by atoms with Crippen molar-refractivity contribution in [3.63, 3.8) is 0 Å². The fourth-order valence-corrected chi connectivity index (χ4v) is 2.24. The number of esters is 1. The van der Waals surface area contributed by atoms with Gasteiger partial charge < -0.3 is 4.74 Å². The van der Waals surface area contributed by atoms with Gasteiger partial charge in [-0.15, -0.1) is 0 Å². The number of halogens is 1. The molecule has 0 amide bonds. The maximum atomic E-state index is 11.8. The molecule has 0 atom stereocenters. The molecule has 0 aliphatic heterocycles. The van der Waals surface area contributed by atoms with Crippen LogP contribution in [0.25, 0.3) is 16.8 Å². The molecule has 0 unspecified atom stereocenters. The number of nitrogens with zero attached hydrogens (tertiary/aromatic N) is 3. The number of hydrogen-bond donors (Lipinski definition) is 0. The molecule has 106 valence electrons. The Balaban J connectivity index is 2.12. The van der Waals surface area contributed by atoms with Crippen LogP contribution in [0.2, 0.25) is 5.02 Å². The van der Waals surface area contributed by atoms with Crippen molar-refractivity contribution in [2.75, 3.05) is 6.61 Å². The van der Waals surface area contributed by atoms with E-state index in [2.05, 4.69) is 10.1 Å². The highest BCUT2D eigenvalue weighted by Crippen LogP contribution is 2.25. The van der Waals surface area contributed by atoms with E-state index in [9.17, 15) is 4.79 Å². The molecule has 0 saturated heterocycles. The molecule has 1 aromatic carbocycles. The Morgan fingerprint density at radius 3 is 3.00 bits per heavy atom. The summed E-state index contributed by atoms with van der Waals surface area (Å²) in [5, 5.41) is 4.86. The lowest BCUT2D eigenvalue weighted by Gasteiger charge is -2.03. The van der Waals surface area contributed by atoms with E-state index in [0.29, 0.717) is 17.3 Å². The molecule has 3 aromatic rings. The number of fused-ring (bicyclic) bond motifs is 1. The number of carbonyl (C=O) groups is 1. The molecular weight excluding hydrogens is 290 g/mol. The minimum atomic E-state index is -0.446. The number of hydrogen-bond acceptors (Lipinski definition) is 4. The van der Waals surface area contributed by atoms with Gasteiger partial charge in [0.2, 0.25) is 0 Å². The van der Waals surface area contributed by atoms with Crippen LogP contribution in [0.5, 0.6) is 0 Å². The SMILES string of the molecule is CCOC(=O)c1ccn2ncc(-c3cccc(Cl)c3)c2n1. The quantitative estimate of drug-likeness (QED) is 0.697. The van der Waals surface area contributed by atoms with Crippen LogP contribution in [0, 0.1) is 0 Å². The van der Waals surface area contributed by atoms with E-state index >= 15 is 0 Å². The van der Waals surface area contributed by atoms with Gasteiger partial charge in [-0.05, 0) is 30.7 Å². The second kappa shape index (κ2) is 5.54. The largest absolute Gasteiger partial charge is 0.461 e. The minimum Gasteiger partial charge on any atom is -0.461 e. The first-order valence-electron chi connectivity index (χ1n) is 6.46. The van der Waals surface area contributed by atoms with Crippen LogP contribution in [-0.4, -0.2) is 27.2 Å². The topological polar surface area (TPSA) is 56.5 Å². The Hall–Kier alpha value is -2.40. The van der Waals surface area contributed by atoms with Gasteiger partial charge in [0.05, 0.1) is 12.8 Å². The highest BCUT2D eigenvalue weighted by Gasteiger charge is 2.13. The summed E-state index contributed by atoms with van der Waals surface area (Å²) in [6.45, 7) is 2.07. The second-order valence-electron chi connectivity index (χ2n) is 4.37. The van der Waals surface area contributed by atoms with Gasteiger partial charge in [0.15, 0.2) is 11.3 Å². The molecule has 3 rings (SSSR count). The Kier molecular flexibility index (Phi) is 3.58. The molecule has 21 heavy (non-hydrogen) atoms. The minimum absolute atomic E-state index is 0.258. The first-order chi connectivity index (χ1) is 10.2. The standard InChI is InChI=1S/C15H12ClN3O2/c1-2-21-15(20)13-6-7-19-14(18-13)12(9-17-19)10-4-3-5-11(16)8-10/h3-9H,2H2,1H3. The van der Waals surface area contributed by atoms with Crippen LogP contribution in [0.1, 0.15) is 17.4 Å². The Morgan fingerprint density at radius 2 is 2.24 bits per heavy atom. The third-order valence-electron chi connectivity index (χ3n) is 2.99. The molecule has 0 radical (unpaired) electrons. The molecule has 0 aliphatic carbocycles. The summed E-state index contributed by atoms with van der Waals surface area (Å²) < 4.78 is 6.58. The van der Waals surface area contributed by atoms with Gasteiger partial charge in [-0.25, -0.2) is 14.3 Å². The zero-order chi connectivity index (χ0) is 14.8. The predicted octanol–water partition coefficient (Wildman–Crippen LogP) is 3.23. The van der Waals surface area contributed by atoms with Crippen molar-refractivity contribution in [1.29, 1.82) is 0 Å². The lowest BCUT2D eigenvalue weighted by molar-refractivity contribution is 0.0519. The molecule has 5 nitrogen and oxygen atoms in total. The maximum Gasteiger partial charge on any atom is 0.357 e. The Bertz CT molecular complexity index is 814. The molecular formula is C15H12ClN3O2. The Labute approximate surface area is 126 Å². The van der Waals surface area contributed by atoms with Gasteiger partial charge in [0, 0.05) is 16.8 Å². The molecule has 0 fully saturated rings. The summed E-state index contributed by atoms with van der Waals surface area (Å²) in [5.74, 6) is -0.446. The van der Waals surface area contributed by atoms with E-state index in [1.807, 2.05) is 18.2 Å². The van der Waals surface area contributed by atoms with Crippen LogP contribution in [0.4, 0.5) is 0 Å². The highest BCUT2D eigenvalue weighted by atomic mass is 35.5. The van der Waals surface area contributed by atoms with Crippen molar-refractivity contribution in [2.24, 2.45) is 0 Å². The summed E-state index contributed by atoms with van der Waals surface area (Å²) >= 11 is 6.01. The molecule has 6 heteroatoms. The smallest absolute Gasteiger partial charge is 0.357 e. The van der Waals surface area contributed by atoms with E-state index in [4.69, 9.17) is 16.3 Å². The van der Waals surface area contributed by atoms with Gasteiger partial charge in [0.25, 0.3) is 0 Å². The van der Waals surface area contributed by atoms with Crippen LogP contribution in [0.3, 0.4) is 0 Å². The number of rotatable bonds is 3. The molecule has 0 bridgehead atoms. The van der Waals surface area contributed by atoms with Crippen molar-refractivity contribution >= 4 is 23.2 Å². The van der Waals surface area contributed by atoms with E-state index in [-0.39, 0.29) is 5.69 Å². The van der Waals surface area contributed by atoms with Crippen LogP contribution in [-0.2, 0) is 4.74 Å².